The van der Waals surface area contributed by atoms with Crippen molar-refractivity contribution in [2.75, 3.05) is 26.3 Å². The number of hydrogen-bond donors (Lipinski definition) is 1. The highest BCUT2D eigenvalue weighted by Gasteiger charge is 2.40. The van der Waals surface area contributed by atoms with Crippen molar-refractivity contribution in [3.8, 4) is 0 Å². The largest absolute Gasteiger partial charge is 0.391 e. The molecule has 0 spiro atoms. The molecule has 2 atom stereocenters. The van der Waals surface area contributed by atoms with E-state index in [2.05, 4.69) is 18.7 Å². The second-order valence-electron chi connectivity index (χ2n) is 5.89. The van der Waals surface area contributed by atoms with E-state index in [0.717, 1.165) is 45.6 Å². The van der Waals surface area contributed by atoms with Gasteiger partial charge < -0.3 is 9.84 Å². The normalized spacial score (nSPS) is 36.9. The highest BCUT2D eigenvalue weighted by Crippen LogP contribution is 2.37. The smallest absolute Gasteiger partial charge is 0.0746 e. The summed E-state index contributed by atoms with van der Waals surface area (Å²) in [6.45, 7) is 8.15. The Kier molecular flexibility index (Phi) is 3.88. The molecule has 1 saturated carbocycles. The van der Waals surface area contributed by atoms with E-state index in [9.17, 15) is 5.11 Å². The fourth-order valence-corrected chi connectivity index (χ4v) is 3.07. The molecule has 0 aromatic carbocycles. The molecule has 94 valence electrons. The van der Waals surface area contributed by atoms with E-state index < -0.39 is 0 Å². The van der Waals surface area contributed by atoms with E-state index in [1.165, 1.54) is 6.42 Å². The van der Waals surface area contributed by atoms with Crippen molar-refractivity contribution < 1.29 is 9.84 Å². The van der Waals surface area contributed by atoms with Crippen LogP contribution in [0.15, 0.2) is 0 Å². The topological polar surface area (TPSA) is 32.7 Å². The maximum Gasteiger partial charge on any atom is 0.0746 e. The molecule has 0 bridgehead atoms. The van der Waals surface area contributed by atoms with Crippen LogP contribution in [0.25, 0.3) is 0 Å². The highest BCUT2D eigenvalue weighted by molar-refractivity contribution is 4.93. The van der Waals surface area contributed by atoms with Crippen molar-refractivity contribution in [1.82, 2.24) is 4.90 Å². The Bertz CT molecular complexity index is 222. The molecule has 2 rings (SSSR count). The summed E-state index contributed by atoms with van der Waals surface area (Å²) in [5.41, 5.74) is 0.0794. The van der Waals surface area contributed by atoms with E-state index in [1.807, 2.05) is 0 Å². The van der Waals surface area contributed by atoms with Gasteiger partial charge in [-0.25, -0.2) is 0 Å². The molecule has 0 aromatic rings. The van der Waals surface area contributed by atoms with Crippen molar-refractivity contribution in [1.29, 1.82) is 0 Å². The summed E-state index contributed by atoms with van der Waals surface area (Å²) in [5.74, 6) is 0. The first-order valence-corrected chi connectivity index (χ1v) is 6.61. The van der Waals surface area contributed by atoms with Crippen LogP contribution in [0.4, 0.5) is 0 Å². The minimum absolute atomic E-state index is 0.0794. The maximum atomic E-state index is 10.5. The lowest BCUT2D eigenvalue weighted by Gasteiger charge is -2.45. The SMILES string of the molecule is CC1(C)CCCC(N2CCCOCC2)C1O. The number of hydrogen-bond acceptors (Lipinski definition) is 3. The lowest BCUT2D eigenvalue weighted by Crippen LogP contribution is -2.53. The van der Waals surface area contributed by atoms with Crippen molar-refractivity contribution in [3.05, 3.63) is 0 Å². The van der Waals surface area contributed by atoms with Crippen LogP contribution in [0.5, 0.6) is 0 Å². The summed E-state index contributed by atoms with van der Waals surface area (Å²) in [7, 11) is 0. The molecule has 16 heavy (non-hydrogen) atoms. The molecular formula is C13H25NO2. The van der Waals surface area contributed by atoms with Gasteiger partial charge in [-0.3, -0.25) is 4.90 Å². The molecule has 2 fully saturated rings. The molecule has 1 saturated heterocycles. The van der Waals surface area contributed by atoms with Gasteiger partial charge in [0.1, 0.15) is 0 Å². The molecule has 0 amide bonds. The molecule has 2 aliphatic rings. The van der Waals surface area contributed by atoms with Crippen molar-refractivity contribution in [3.63, 3.8) is 0 Å². The standard InChI is InChI=1S/C13H25NO2/c1-13(2)6-3-5-11(12(13)15)14-7-4-9-16-10-8-14/h11-12,15H,3-10H2,1-2H3. The lowest BCUT2D eigenvalue weighted by molar-refractivity contribution is -0.0571. The van der Waals surface area contributed by atoms with E-state index >= 15 is 0 Å². The van der Waals surface area contributed by atoms with Crippen molar-refractivity contribution in [2.45, 2.75) is 51.7 Å². The van der Waals surface area contributed by atoms with Gasteiger partial charge in [0, 0.05) is 25.7 Å². The summed E-state index contributed by atoms with van der Waals surface area (Å²) < 4.78 is 5.48. The Morgan fingerprint density at radius 2 is 2.00 bits per heavy atom. The molecule has 1 aliphatic carbocycles. The van der Waals surface area contributed by atoms with Crippen LogP contribution in [0.3, 0.4) is 0 Å². The minimum atomic E-state index is -0.181. The van der Waals surface area contributed by atoms with E-state index in [-0.39, 0.29) is 11.5 Å². The van der Waals surface area contributed by atoms with Gasteiger partial charge in [0.25, 0.3) is 0 Å². The van der Waals surface area contributed by atoms with Crippen LogP contribution in [0.2, 0.25) is 0 Å². The van der Waals surface area contributed by atoms with Crippen LogP contribution in [0, 0.1) is 5.41 Å². The van der Waals surface area contributed by atoms with Crippen molar-refractivity contribution >= 4 is 0 Å². The lowest BCUT2D eigenvalue weighted by atomic mass is 9.72. The summed E-state index contributed by atoms with van der Waals surface area (Å²) in [6, 6.07) is 0.352. The molecule has 1 heterocycles. The molecule has 1 N–H and O–H groups in total. The second kappa shape index (κ2) is 5.03. The maximum absolute atomic E-state index is 10.5. The summed E-state index contributed by atoms with van der Waals surface area (Å²) in [6.07, 6.45) is 4.45. The molecular weight excluding hydrogens is 202 g/mol. The van der Waals surface area contributed by atoms with E-state index in [4.69, 9.17) is 4.74 Å². The summed E-state index contributed by atoms with van der Waals surface area (Å²) >= 11 is 0. The van der Waals surface area contributed by atoms with Crippen LogP contribution in [-0.4, -0.2) is 48.5 Å². The van der Waals surface area contributed by atoms with Gasteiger partial charge in [0.2, 0.25) is 0 Å². The quantitative estimate of drug-likeness (QED) is 0.739. The third-order valence-corrected chi connectivity index (χ3v) is 4.21. The Morgan fingerprint density at radius 3 is 2.81 bits per heavy atom. The van der Waals surface area contributed by atoms with E-state index in [0.29, 0.717) is 6.04 Å². The Hall–Kier alpha value is -0.120. The van der Waals surface area contributed by atoms with Gasteiger partial charge in [-0.15, -0.1) is 0 Å². The van der Waals surface area contributed by atoms with Crippen LogP contribution in [0.1, 0.15) is 39.5 Å². The zero-order valence-corrected chi connectivity index (χ0v) is 10.6. The molecule has 2 unspecified atom stereocenters. The zero-order valence-electron chi connectivity index (χ0n) is 10.6. The monoisotopic (exact) mass is 227 g/mol. The number of nitrogens with zero attached hydrogens (tertiary/aromatic N) is 1. The third-order valence-electron chi connectivity index (χ3n) is 4.21. The van der Waals surface area contributed by atoms with E-state index in [1.54, 1.807) is 0 Å². The first-order chi connectivity index (χ1) is 7.61. The molecule has 1 aliphatic heterocycles. The van der Waals surface area contributed by atoms with Gasteiger partial charge in [0.15, 0.2) is 0 Å². The van der Waals surface area contributed by atoms with Gasteiger partial charge in [-0.2, -0.15) is 0 Å². The predicted molar refractivity (Wildman–Crippen MR) is 64.4 cm³/mol. The van der Waals surface area contributed by atoms with Gasteiger partial charge in [-0.1, -0.05) is 20.3 Å². The number of aliphatic hydroxyl groups is 1. The zero-order chi connectivity index (χ0) is 11.6. The van der Waals surface area contributed by atoms with Crippen LogP contribution < -0.4 is 0 Å². The van der Waals surface area contributed by atoms with Gasteiger partial charge in [-0.05, 0) is 24.7 Å². The summed E-state index contributed by atoms with van der Waals surface area (Å²) in [5, 5.41) is 10.5. The average Bonchev–Trinajstić information content (AvgIpc) is 2.50. The average molecular weight is 227 g/mol. The minimum Gasteiger partial charge on any atom is -0.391 e. The van der Waals surface area contributed by atoms with Crippen LogP contribution >= 0.6 is 0 Å². The first-order valence-electron chi connectivity index (χ1n) is 6.61. The molecule has 0 aromatic heterocycles. The Balaban J connectivity index is 2.01. The number of rotatable bonds is 1. The van der Waals surface area contributed by atoms with Crippen molar-refractivity contribution in [2.24, 2.45) is 5.41 Å². The molecule has 3 heteroatoms. The van der Waals surface area contributed by atoms with Gasteiger partial charge >= 0.3 is 0 Å². The van der Waals surface area contributed by atoms with Crippen LogP contribution in [-0.2, 0) is 4.74 Å². The fraction of sp³-hybridized carbons (Fsp3) is 1.00. The third kappa shape index (κ3) is 2.58. The summed E-state index contributed by atoms with van der Waals surface area (Å²) in [4.78, 5) is 2.44. The second-order valence-corrected chi connectivity index (χ2v) is 5.89. The number of ether oxygens (including phenoxy) is 1. The predicted octanol–water partition coefficient (Wildman–Crippen LogP) is 1.65. The molecule has 0 radical (unpaired) electrons. The fourth-order valence-electron chi connectivity index (χ4n) is 3.07. The number of aliphatic hydroxyl groups excluding tert-OH is 1. The molecule has 3 nitrogen and oxygen atoms in total. The first kappa shape index (κ1) is 12.3. The Morgan fingerprint density at radius 1 is 1.19 bits per heavy atom. The highest BCUT2D eigenvalue weighted by atomic mass is 16.5. The Labute approximate surface area is 98.8 Å². The van der Waals surface area contributed by atoms with Gasteiger partial charge in [0.05, 0.1) is 12.7 Å².